The van der Waals surface area contributed by atoms with Gasteiger partial charge in [0.2, 0.25) is 0 Å². The molecule has 1 saturated heterocycles. The fraction of sp³-hybridized carbons (Fsp3) is 0.143. The zero-order chi connectivity index (χ0) is 8.39. The highest BCUT2D eigenvalue weighted by Gasteiger charge is 2.15. The number of hydrazine groups is 3. The lowest BCUT2D eigenvalue weighted by Gasteiger charge is -2.10. The van der Waals surface area contributed by atoms with Crippen LogP contribution in [0.2, 0.25) is 0 Å². The molecule has 5 nitrogen and oxygen atoms in total. The lowest BCUT2D eigenvalue weighted by molar-refractivity contribution is 0.556. The minimum Gasteiger partial charge on any atom is -0.398 e. The van der Waals surface area contributed by atoms with Gasteiger partial charge >= 0.3 is 0 Å². The Morgan fingerprint density at radius 1 is 1.08 bits per heavy atom. The highest BCUT2D eigenvalue weighted by molar-refractivity contribution is 5.47. The van der Waals surface area contributed by atoms with Crippen molar-refractivity contribution in [3.05, 3.63) is 29.8 Å². The molecule has 1 aliphatic heterocycles. The van der Waals surface area contributed by atoms with Crippen LogP contribution in [0.4, 0.5) is 5.69 Å². The molecule has 6 N–H and O–H groups in total. The highest BCUT2D eigenvalue weighted by atomic mass is 15.8. The summed E-state index contributed by atoms with van der Waals surface area (Å²) in [5.74, 6) is 0. The Balaban J connectivity index is 2.26. The van der Waals surface area contributed by atoms with Crippen molar-refractivity contribution in [2.24, 2.45) is 0 Å². The van der Waals surface area contributed by atoms with Crippen molar-refractivity contribution in [2.75, 3.05) is 5.73 Å². The SMILES string of the molecule is Nc1ccccc1C1NNNN1. The summed E-state index contributed by atoms with van der Waals surface area (Å²) >= 11 is 0. The maximum absolute atomic E-state index is 5.76. The maximum Gasteiger partial charge on any atom is 0.113 e. The summed E-state index contributed by atoms with van der Waals surface area (Å²) in [6.45, 7) is 0. The molecule has 0 amide bonds. The molecule has 1 aromatic rings. The maximum atomic E-state index is 5.76. The lowest BCUT2D eigenvalue weighted by Crippen LogP contribution is -2.33. The largest absolute Gasteiger partial charge is 0.398 e. The van der Waals surface area contributed by atoms with Gasteiger partial charge in [0.25, 0.3) is 0 Å². The van der Waals surface area contributed by atoms with Gasteiger partial charge in [-0.3, -0.25) is 0 Å². The smallest absolute Gasteiger partial charge is 0.113 e. The Morgan fingerprint density at radius 2 is 1.75 bits per heavy atom. The second-order valence-electron chi connectivity index (χ2n) is 2.60. The fourth-order valence-electron chi connectivity index (χ4n) is 1.18. The second kappa shape index (κ2) is 3.08. The molecule has 0 spiro atoms. The van der Waals surface area contributed by atoms with Gasteiger partial charge in [0.05, 0.1) is 0 Å². The van der Waals surface area contributed by atoms with Crippen molar-refractivity contribution >= 4 is 5.69 Å². The molecule has 0 radical (unpaired) electrons. The van der Waals surface area contributed by atoms with Gasteiger partial charge in [-0.2, -0.15) is 11.1 Å². The third kappa shape index (κ3) is 1.26. The van der Waals surface area contributed by atoms with Crippen molar-refractivity contribution in [2.45, 2.75) is 6.17 Å². The first kappa shape index (κ1) is 7.51. The van der Waals surface area contributed by atoms with Crippen molar-refractivity contribution in [1.82, 2.24) is 21.9 Å². The number of para-hydroxylation sites is 1. The van der Waals surface area contributed by atoms with E-state index in [9.17, 15) is 0 Å². The molecule has 2 rings (SSSR count). The average Bonchev–Trinajstić information content (AvgIpc) is 2.57. The Bertz CT molecular complexity index is 268. The van der Waals surface area contributed by atoms with Crippen LogP contribution < -0.4 is 27.7 Å². The third-order valence-electron chi connectivity index (χ3n) is 1.80. The first-order chi connectivity index (χ1) is 5.88. The zero-order valence-electron chi connectivity index (χ0n) is 6.46. The summed E-state index contributed by atoms with van der Waals surface area (Å²) in [7, 11) is 0. The summed E-state index contributed by atoms with van der Waals surface area (Å²) in [4.78, 5) is 0. The van der Waals surface area contributed by atoms with E-state index >= 15 is 0 Å². The topological polar surface area (TPSA) is 74.1 Å². The Kier molecular flexibility index (Phi) is 1.92. The predicted octanol–water partition coefficient (Wildman–Crippen LogP) is -0.616. The third-order valence-corrected chi connectivity index (χ3v) is 1.80. The number of nitrogens with one attached hydrogen (secondary N) is 4. The van der Waals surface area contributed by atoms with E-state index in [2.05, 4.69) is 21.9 Å². The van der Waals surface area contributed by atoms with E-state index in [0.29, 0.717) is 0 Å². The van der Waals surface area contributed by atoms with Crippen LogP contribution in [-0.2, 0) is 0 Å². The van der Waals surface area contributed by atoms with E-state index in [1.807, 2.05) is 24.3 Å². The first-order valence-electron chi connectivity index (χ1n) is 3.73. The molecule has 1 heterocycles. The van der Waals surface area contributed by atoms with Crippen LogP contribution in [0, 0.1) is 0 Å². The number of hydrogen-bond acceptors (Lipinski definition) is 5. The molecule has 0 saturated carbocycles. The molecule has 0 atom stereocenters. The molecule has 0 bridgehead atoms. The minimum atomic E-state index is 0.0196. The van der Waals surface area contributed by atoms with Gasteiger partial charge in [0, 0.05) is 11.3 Å². The molecule has 0 unspecified atom stereocenters. The number of anilines is 1. The van der Waals surface area contributed by atoms with Crippen molar-refractivity contribution in [1.29, 1.82) is 0 Å². The zero-order valence-corrected chi connectivity index (χ0v) is 6.46. The second-order valence-corrected chi connectivity index (χ2v) is 2.60. The average molecular weight is 165 g/mol. The van der Waals surface area contributed by atoms with E-state index in [1.165, 1.54) is 0 Å². The van der Waals surface area contributed by atoms with Gasteiger partial charge in [-0.05, 0) is 6.07 Å². The molecular formula is C7H11N5. The quantitative estimate of drug-likeness (QED) is 0.359. The van der Waals surface area contributed by atoms with E-state index < -0.39 is 0 Å². The van der Waals surface area contributed by atoms with Gasteiger partial charge in [0.1, 0.15) is 6.17 Å². The van der Waals surface area contributed by atoms with E-state index in [0.717, 1.165) is 11.3 Å². The van der Waals surface area contributed by atoms with Crippen LogP contribution >= 0.6 is 0 Å². The van der Waals surface area contributed by atoms with Crippen LogP contribution in [-0.4, -0.2) is 0 Å². The Morgan fingerprint density at radius 3 is 2.42 bits per heavy atom. The molecule has 0 aliphatic carbocycles. The number of benzene rings is 1. The molecule has 1 fully saturated rings. The van der Waals surface area contributed by atoms with E-state index in [1.54, 1.807) is 0 Å². The lowest BCUT2D eigenvalue weighted by atomic mass is 10.1. The summed E-state index contributed by atoms with van der Waals surface area (Å²) in [5.41, 5.74) is 18.9. The number of hydrogen-bond donors (Lipinski definition) is 5. The Hall–Kier alpha value is -1.14. The summed E-state index contributed by atoms with van der Waals surface area (Å²) < 4.78 is 0. The van der Waals surface area contributed by atoms with E-state index in [4.69, 9.17) is 5.73 Å². The van der Waals surface area contributed by atoms with Crippen LogP contribution in [0.25, 0.3) is 0 Å². The van der Waals surface area contributed by atoms with E-state index in [-0.39, 0.29) is 6.17 Å². The Labute approximate surface area is 70.2 Å². The van der Waals surface area contributed by atoms with Crippen LogP contribution in [0.15, 0.2) is 24.3 Å². The predicted molar refractivity (Wildman–Crippen MR) is 46.1 cm³/mol. The number of nitrogens with two attached hydrogens (primary N) is 1. The van der Waals surface area contributed by atoms with Crippen molar-refractivity contribution in [3.8, 4) is 0 Å². The first-order valence-corrected chi connectivity index (χ1v) is 3.73. The molecule has 12 heavy (non-hydrogen) atoms. The van der Waals surface area contributed by atoms with Gasteiger partial charge in [0.15, 0.2) is 0 Å². The summed E-state index contributed by atoms with van der Waals surface area (Å²) in [6, 6.07) is 7.70. The monoisotopic (exact) mass is 165 g/mol. The summed E-state index contributed by atoms with van der Waals surface area (Å²) in [5, 5.41) is 0. The van der Waals surface area contributed by atoms with Gasteiger partial charge < -0.3 is 5.73 Å². The highest BCUT2D eigenvalue weighted by Crippen LogP contribution is 2.17. The molecule has 1 aromatic carbocycles. The van der Waals surface area contributed by atoms with Gasteiger partial charge in [-0.15, -0.1) is 0 Å². The van der Waals surface area contributed by atoms with Gasteiger partial charge in [-0.1, -0.05) is 18.2 Å². The summed E-state index contributed by atoms with van der Waals surface area (Å²) in [6.07, 6.45) is 0.0196. The molecule has 64 valence electrons. The van der Waals surface area contributed by atoms with Crippen LogP contribution in [0.3, 0.4) is 0 Å². The van der Waals surface area contributed by atoms with Crippen LogP contribution in [0.1, 0.15) is 11.7 Å². The molecule has 1 aliphatic rings. The van der Waals surface area contributed by atoms with Crippen molar-refractivity contribution < 1.29 is 0 Å². The van der Waals surface area contributed by atoms with Crippen molar-refractivity contribution in [3.63, 3.8) is 0 Å². The molecule has 0 aromatic heterocycles. The van der Waals surface area contributed by atoms with Crippen LogP contribution in [0.5, 0.6) is 0 Å². The molecule has 5 heteroatoms. The van der Waals surface area contributed by atoms with Gasteiger partial charge in [-0.25, -0.2) is 10.9 Å². The number of rotatable bonds is 1. The normalized spacial score (nSPS) is 18.3. The molecular weight excluding hydrogens is 154 g/mol. The minimum absolute atomic E-state index is 0.0196. The standard InChI is InChI=1S/C7H11N5/c8-6-4-2-1-3-5(6)7-9-11-12-10-7/h1-4,7,9-12H,8H2. The number of nitrogen functional groups attached to an aromatic ring is 1. The fourth-order valence-corrected chi connectivity index (χ4v) is 1.18.